The number of hydrogen-bond donors (Lipinski definition) is 3. The van der Waals surface area contributed by atoms with E-state index in [-0.39, 0.29) is 24.5 Å². The molecule has 0 bridgehead atoms. The zero-order chi connectivity index (χ0) is 36.9. The number of aliphatic carboxylic acids is 1. The number of pyridine rings is 1. The highest BCUT2D eigenvalue weighted by Gasteiger charge is 2.56. The Morgan fingerprint density at radius 3 is 2.02 bits per heavy atom. The fourth-order valence-corrected chi connectivity index (χ4v) is 5.25. The summed E-state index contributed by atoms with van der Waals surface area (Å²) in [6, 6.07) is 14.2. The second-order valence-electron chi connectivity index (χ2n) is 12.2. The Bertz CT molecular complexity index is 1850. The minimum Gasteiger partial charge on any atom is -0.493 e. The van der Waals surface area contributed by atoms with Crippen molar-refractivity contribution in [2.75, 3.05) is 50.8 Å². The highest BCUT2D eigenvalue weighted by molar-refractivity contribution is 6.16. The average molecular weight is 722 g/mol. The maximum Gasteiger partial charge on any atom is 0.305 e. The number of rotatable bonds is 21. The molecule has 1 saturated carbocycles. The zero-order valence-corrected chi connectivity index (χ0v) is 28.8. The molecular weight excluding hydrogens is 680 g/mol. The van der Waals surface area contributed by atoms with E-state index in [1.165, 1.54) is 49.7 Å². The number of nitrogens with zero attached hydrogens (tertiary/aromatic N) is 1. The van der Waals surface area contributed by atoms with Gasteiger partial charge in [-0.15, -0.1) is 0 Å². The molecule has 1 aromatic heterocycles. The largest absolute Gasteiger partial charge is 0.493 e. The molecule has 1 heterocycles. The molecule has 3 N–H and O–H groups in total. The number of nitrogens with one attached hydrogen (secondary N) is 2. The number of fused-ring (bicyclic) bond motifs is 1. The van der Waals surface area contributed by atoms with Gasteiger partial charge in [0.05, 0.1) is 32.3 Å². The third kappa shape index (κ3) is 10.4. The molecule has 52 heavy (non-hydrogen) atoms. The van der Waals surface area contributed by atoms with Gasteiger partial charge >= 0.3 is 5.97 Å². The maximum absolute atomic E-state index is 15.3. The van der Waals surface area contributed by atoms with Gasteiger partial charge in [0.1, 0.15) is 17.0 Å². The van der Waals surface area contributed by atoms with E-state index in [0.29, 0.717) is 73.1 Å². The monoisotopic (exact) mass is 721 g/mol. The van der Waals surface area contributed by atoms with Crippen molar-refractivity contribution >= 4 is 40.1 Å². The second kappa shape index (κ2) is 18.2. The normalized spacial score (nSPS) is 13.0. The highest BCUT2D eigenvalue weighted by Crippen LogP contribution is 2.47. The molecule has 0 saturated heterocycles. The molecule has 0 atom stereocenters. The van der Waals surface area contributed by atoms with E-state index in [1.54, 1.807) is 18.2 Å². The summed E-state index contributed by atoms with van der Waals surface area (Å²) in [5.74, 6) is -1.96. The minimum atomic E-state index is -1.30. The van der Waals surface area contributed by atoms with E-state index < -0.39 is 34.8 Å². The molecule has 1 fully saturated rings. The lowest BCUT2D eigenvalue weighted by Gasteiger charge is -2.16. The van der Waals surface area contributed by atoms with Gasteiger partial charge in [-0.3, -0.25) is 19.4 Å². The van der Waals surface area contributed by atoms with Crippen molar-refractivity contribution in [3.05, 3.63) is 78.5 Å². The molecule has 1 aliphatic carbocycles. The summed E-state index contributed by atoms with van der Waals surface area (Å²) in [4.78, 5) is 40.8. The Kier molecular flexibility index (Phi) is 13.3. The van der Waals surface area contributed by atoms with Gasteiger partial charge in [-0.1, -0.05) is 0 Å². The Morgan fingerprint density at radius 2 is 1.38 bits per heavy atom. The quantitative estimate of drug-likeness (QED) is 0.0599. The summed E-state index contributed by atoms with van der Waals surface area (Å²) in [7, 11) is 1.51. The molecule has 3 aromatic carbocycles. The first kappa shape index (κ1) is 37.9. The van der Waals surface area contributed by atoms with Crippen LogP contribution in [0.15, 0.2) is 66.9 Å². The predicted molar refractivity (Wildman–Crippen MR) is 188 cm³/mol. The van der Waals surface area contributed by atoms with Crippen LogP contribution in [0.2, 0.25) is 0 Å². The summed E-state index contributed by atoms with van der Waals surface area (Å²) in [5, 5.41) is 14.4. The van der Waals surface area contributed by atoms with Crippen LogP contribution in [0.25, 0.3) is 10.9 Å². The van der Waals surface area contributed by atoms with E-state index in [9.17, 15) is 18.8 Å². The summed E-state index contributed by atoms with van der Waals surface area (Å²) < 4.78 is 56.9. The number of unbranched alkanes of at least 4 members (excludes halogenated alkanes) is 2. The molecular formula is C38H41F2N3O9. The number of ether oxygens (including phenoxy) is 5. The van der Waals surface area contributed by atoms with Crippen molar-refractivity contribution in [3.8, 4) is 23.0 Å². The summed E-state index contributed by atoms with van der Waals surface area (Å²) in [5.41, 5.74) is -0.232. The number of amides is 2. The molecule has 0 unspecified atom stereocenters. The standard InChI is InChI=1S/C38H41F2N3O9/c1-48-33-23-28-30(24-34(33)51-20-5-4-18-49-17-2-3-19-50-21-13-35(44)45)41-16-12-31(28)52-32-11-10-27(22-29(32)40)43-37(47)38(14-15-38)36(46)42-26-8-6-25(39)7-9-26/h6-12,16,22-24H,2-5,13-15,17-21H2,1H3,(H,42,46)(H,43,47)(H,44,45). The number of methoxy groups -OCH3 is 1. The molecule has 1 aliphatic rings. The van der Waals surface area contributed by atoms with Crippen LogP contribution < -0.4 is 24.8 Å². The third-order valence-corrected chi connectivity index (χ3v) is 8.35. The lowest BCUT2D eigenvalue weighted by molar-refractivity contribution is -0.138. The van der Waals surface area contributed by atoms with Gasteiger partial charge in [0.25, 0.3) is 0 Å². The maximum atomic E-state index is 15.3. The highest BCUT2D eigenvalue weighted by atomic mass is 19.1. The van der Waals surface area contributed by atoms with Crippen LogP contribution in [0, 0.1) is 17.0 Å². The van der Waals surface area contributed by atoms with Crippen LogP contribution in [0.1, 0.15) is 44.9 Å². The lowest BCUT2D eigenvalue weighted by atomic mass is 10.0. The number of carboxylic acids is 1. The molecule has 4 aromatic rings. The number of halogens is 2. The van der Waals surface area contributed by atoms with Gasteiger partial charge in [0.2, 0.25) is 11.8 Å². The fraction of sp³-hybridized carbons (Fsp3) is 0.368. The topological polar surface area (TPSA) is 155 Å². The van der Waals surface area contributed by atoms with E-state index in [1.807, 2.05) is 0 Å². The Labute approximate surface area is 299 Å². The van der Waals surface area contributed by atoms with E-state index in [2.05, 4.69) is 15.6 Å². The number of carbonyl (C=O) groups excluding carboxylic acids is 2. The van der Waals surface area contributed by atoms with Crippen LogP contribution in [0.3, 0.4) is 0 Å². The molecule has 12 nitrogen and oxygen atoms in total. The summed E-state index contributed by atoms with van der Waals surface area (Å²) >= 11 is 0. The van der Waals surface area contributed by atoms with Crippen LogP contribution >= 0.6 is 0 Å². The molecule has 5 rings (SSSR count). The van der Waals surface area contributed by atoms with Gasteiger partial charge in [-0.25, -0.2) is 8.78 Å². The molecule has 276 valence electrons. The number of anilines is 2. The number of carboxylic acid groups (broad SMARTS) is 1. The first-order chi connectivity index (χ1) is 25.2. The van der Waals surface area contributed by atoms with Crippen molar-refractivity contribution in [2.45, 2.75) is 44.9 Å². The van der Waals surface area contributed by atoms with Crippen molar-refractivity contribution in [1.82, 2.24) is 4.98 Å². The average Bonchev–Trinajstić information content (AvgIpc) is 3.95. The van der Waals surface area contributed by atoms with Gasteiger partial charge in [-0.2, -0.15) is 0 Å². The Balaban J connectivity index is 1.10. The second-order valence-corrected chi connectivity index (χ2v) is 12.2. The molecule has 0 radical (unpaired) electrons. The first-order valence-corrected chi connectivity index (χ1v) is 17.0. The number of benzene rings is 3. The minimum absolute atomic E-state index is 0.00670. The van der Waals surface area contributed by atoms with Crippen molar-refractivity contribution in [3.63, 3.8) is 0 Å². The molecule has 14 heteroatoms. The Morgan fingerprint density at radius 1 is 0.750 bits per heavy atom. The van der Waals surface area contributed by atoms with Crippen LogP contribution in [-0.4, -0.2) is 68.0 Å². The van der Waals surface area contributed by atoms with Crippen LogP contribution in [0.4, 0.5) is 20.2 Å². The molecule has 2 amide bonds. The molecule has 0 aliphatic heterocycles. The smallest absolute Gasteiger partial charge is 0.305 e. The van der Waals surface area contributed by atoms with Crippen LogP contribution in [-0.2, 0) is 23.9 Å². The summed E-state index contributed by atoms with van der Waals surface area (Å²) in [6.45, 7) is 2.34. The lowest BCUT2D eigenvalue weighted by Crippen LogP contribution is -2.35. The fourth-order valence-electron chi connectivity index (χ4n) is 5.25. The third-order valence-electron chi connectivity index (χ3n) is 8.35. The number of carbonyl (C=O) groups is 3. The van der Waals surface area contributed by atoms with Gasteiger partial charge in [-0.05, 0) is 87.1 Å². The van der Waals surface area contributed by atoms with Crippen molar-refractivity contribution in [2.24, 2.45) is 5.41 Å². The SMILES string of the molecule is COc1cc2c(Oc3ccc(NC(=O)C4(C(=O)Nc5ccc(F)cc5)CC4)cc3F)ccnc2cc1OCCCCOCCCCOCCC(=O)O. The van der Waals surface area contributed by atoms with E-state index >= 15 is 4.39 Å². The number of aromatic nitrogens is 1. The van der Waals surface area contributed by atoms with Gasteiger partial charge in [0, 0.05) is 54.9 Å². The summed E-state index contributed by atoms with van der Waals surface area (Å²) in [6.07, 6.45) is 5.37. The Hall–Kier alpha value is -5.34. The van der Waals surface area contributed by atoms with E-state index in [0.717, 1.165) is 31.7 Å². The van der Waals surface area contributed by atoms with Gasteiger partial charge < -0.3 is 39.4 Å². The molecule has 0 spiro atoms. The zero-order valence-electron chi connectivity index (χ0n) is 28.8. The first-order valence-electron chi connectivity index (χ1n) is 17.0. The van der Waals surface area contributed by atoms with E-state index in [4.69, 9.17) is 28.8 Å². The van der Waals surface area contributed by atoms with Gasteiger partial charge in [0.15, 0.2) is 23.1 Å². The van der Waals surface area contributed by atoms with Crippen molar-refractivity contribution < 1.29 is 52.0 Å². The van der Waals surface area contributed by atoms with Crippen molar-refractivity contribution in [1.29, 1.82) is 0 Å². The number of hydrogen-bond acceptors (Lipinski definition) is 9. The van der Waals surface area contributed by atoms with Crippen LogP contribution in [0.5, 0.6) is 23.0 Å². The predicted octanol–water partition coefficient (Wildman–Crippen LogP) is 7.12.